The Morgan fingerprint density at radius 1 is 1.14 bits per heavy atom. The van der Waals surface area contributed by atoms with Crippen molar-refractivity contribution in [3.05, 3.63) is 64.5 Å². The standard InChI is InChI=1S/C17H18FNO2S/c1-11-3-8-17(12(2)9-11)22(20,21)19-16-7-4-13-10-14(18)5-6-15(13)16/h3,5-6,8-10,16,19H,4,7H2,1-2H3. The predicted octanol–water partition coefficient (Wildman–Crippen LogP) is 3.41. The Labute approximate surface area is 130 Å². The zero-order valence-electron chi connectivity index (χ0n) is 12.6. The van der Waals surface area contributed by atoms with Crippen LogP contribution in [0.5, 0.6) is 0 Å². The summed E-state index contributed by atoms with van der Waals surface area (Å²) in [5.74, 6) is -0.281. The summed E-state index contributed by atoms with van der Waals surface area (Å²) < 4.78 is 41.2. The summed E-state index contributed by atoms with van der Waals surface area (Å²) >= 11 is 0. The van der Waals surface area contributed by atoms with Crippen molar-refractivity contribution in [2.24, 2.45) is 0 Å². The van der Waals surface area contributed by atoms with Gasteiger partial charge in [-0.3, -0.25) is 0 Å². The second-order valence-electron chi connectivity index (χ2n) is 5.82. The number of hydrogen-bond donors (Lipinski definition) is 1. The molecule has 0 saturated carbocycles. The molecule has 0 bridgehead atoms. The summed E-state index contributed by atoms with van der Waals surface area (Å²) in [4.78, 5) is 0.300. The van der Waals surface area contributed by atoms with Crippen molar-refractivity contribution in [1.29, 1.82) is 0 Å². The summed E-state index contributed by atoms with van der Waals surface area (Å²) in [6.45, 7) is 3.72. The molecule has 0 aliphatic heterocycles. The van der Waals surface area contributed by atoms with Gasteiger partial charge >= 0.3 is 0 Å². The topological polar surface area (TPSA) is 46.2 Å². The number of fused-ring (bicyclic) bond motifs is 1. The van der Waals surface area contributed by atoms with E-state index in [1.165, 1.54) is 12.1 Å². The molecule has 1 atom stereocenters. The number of benzene rings is 2. The van der Waals surface area contributed by atoms with Gasteiger partial charge in [0.15, 0.2) is 0 Å². The van der Waals surface area contributed by atoms with Crippen LogP contribution in [0.2, 0.25) is 0 Å². The van der Waals surface area contributed by atoms with E-state index in [0.29, 0.717) is 17.7 Å². The van der Waals surface area contributed by atoms with Crippen LogP contribution >= 0.6 is 0 Å². The van der Waals surface area contributed by atoms with E-state index in [0.717, 1.165) is 22.3 Å². The molecule has 0 heterocycles. The maximum Gasteiger partial charge on any atom is 0.241 e. The number of nitrogens with one attached hydrogen (secondary N) is 1. The van der Waals surface area contributed by atoms with Crippen molar-refractivity contribution >= 4 is 10.0 Å². The normalized spacial score (nSPS) is 17.5. The summed E-state index contributed by atoms with van der Waals surface area (Å²) in [5, 5.41) is 0. The maximum absolute atomic E-state index is 13.2. The van der Waals surface area contributed by atoms with Crippen molar-refractivity contribution in [3.63, 3.8) is 0 Å². The molecule has 116 valence electrons. The monoisotopic (exact) mass is 319 g/mol. The molecule has 3 nitrogen and oxygen atoms in total. The van der Waals surface area contributed by atoms with Crippen LogP contribution in [0.4, 0.5) is 4.39 Å². The molecule has 22 heavy (non-hydrogen) atoms. The van der Waals surface area contributed by atoms with E-state index in [2.05, 4.69) is 4.72 Å². The minimum atomic E-state index is -3.59. The fourth-order valence-electron chi connectivity index (χ4n) is 3.06. The number of halogens is 1. The highest BCUT2D eigenvalue weighted by Crippen LogP contribution is 2.33. The molecule has 1 aliphatic carbocycles. The molecule has 0 radical (unpaired) electrons. The average molecular weight is 319 g/mol. The van der Waals surface area contributed by atoms with Crippen LogP contribution in [0.1, 0.15) is 34.7 Å². The summed E-state index contributed by atoms with van der Waals surface area (Å²) in [5.41, 5.74) is 3.51. The van der Waals surface area contributed by atoms with Crippen LogP contribution in [0, 0.1) is 19.7 Å². The molecule has 0 spiro atoms. The fourth-order valence-corrected chi connectivity index (χ4v) is 4.54. The largest absolute Gasteiger partial charge is 0.241 e. The third kappa shape index (κ3) is 2.78. The maximum atomic E-state index is 13.2. The SMILES string of the molecule is Cc1ccc(S(=O)(=O)NC2CCc3cc(F)ccc32)c(C)c1. The quantitative estimate of drug-likeness (QED) is 0.942. The number of aryl methyl sites for hydroxylation is 3. The molecule has 0 amide bonds. The summed E-state index contributed by atoms with van der Waals surface area (Å²) in [6, 6.07) is 9.52. The molecule has 5 heteroatoms. The van der Waals surface area contributed by atoms with E-state index in [1.54, 1.807) is 25.1 Å². The lowest BCUT2D eigenvalue weighted by Crippen LogP contribution is -2.28. The first kappa shape index (κ1) is 15.2. The summed E-state index contributed by atoms with van der Waals surface area (Å²) in [7, 11) is -3.59. The third-order valence-corrected chi connectivity index (χ3v) is 5.73. The molecule has 2 aromatic carbocycles. The molecule has 0 aromatic heterocycles. The Bertz CT molecular complexity index is 831. The second kappa shape index (κ2) is 5.48. The second-order valence-corrected chi connectivity index (χ2v) is 7.51. The van der Waals surface area contributed by atoms with Gasteiger partial charge in [-0.05, 0) is 61.6 Å². The van der Waals surface area contributed by atoms with E-state index < -0.39 is 10.0 Å². The third-order valence-electron chi connectivity index (χ3n) is 4.10. The highest BCUT2D eigenvalue weighted by atomic mass is 32.2. The van der Waals surface area contributed by atoms with Gasteiger partial charge in [0.05, 0.1) is 4.90 Å². The van der Waals surface area contributed by atoms with E-state index in [-0.39, 0.29) is 11.9 Å². The molecular weight excluding hydrogens is 301 g/mol. The van der Waals surface area contributed by atoms with Crippen molar-refractivity contribution in [2.45, 2.75) is 37.6 Å². The highest BCUT2D eigenvalue weighted by Gasteiger charge is 2.28. The lowest BCUT2D eigenvalue weighted by molar-refractivity contribution is 0.554. The minimum Gasteiger partial charge on any atom is -0.207 e. The van der Waals surface area contributed by atoms with E-state index in [9.17, 15) is 12.8 Å². The van der Waals surface area contributed by atoms with Gasteiger partial charge in [0, 0.05) is 6.04 Å². The van der Waals surface area contributed by atoms with Gasteiger partial charge in [-0.25, -0.2) is 17.5 Å². The van der Waals surface area contributed by atoms with Gasteiger partial charge in [0.1, 0.15) is 5.82 Å². The van der Waals surface area contributed by atoms with Gasteiger partial charge in [0.25, 0.3) is 0 Å². The Hall–Kier alpha value is -1.72. The van der Waals surface area contributed by atoms with Crippen LogP contribution in [0.3, 0.4) is 0 Å². The van der Waals surface area contributed by atoms with Crippen molar-refractivity contribution in [3.8, 4) is 0 Å². The first-order valence-electron chi connectivity index (χ1n) is 7.25. The zero-order chi connectivity index (χ0) is 15.9. The first-order valence-corrected chi connectivity index (χ1v) is 8.73. The fraction of sp³-hybridized carbons (Fsp3) is 0.294. The van der Waals surface area contributed by atoms with E-state index in [1.807, 2.05) is 13.0 Å². The Balaban J connectivity index is 1.91. The molecule has 3 rings (SSSR count). The van der Waals surface area contributed by atoms with Crippen molar-refractivity contribution < 1.29 is 12.8 Å². The Kier molecular flexibility index (Phi) is 3.78. The number of hydrogen-bond acceptors (Lipinski definition) is 2. The zero-order valence-corrected chi connectivity index (χ0v) is 13.4. The number of rotatable bonds is 3. The van der Waals surface area contributed by atoms with Crippen LogP contribution in [-0.2, 0) is 16.4 Å². The molecule has 2 aromatic rings. The molecule has 1 N–H and O–H groups in total. The summed E-state index contributed by atoms with van der Waals surface area (Å²) in [6.07, 6.45) is 1.34. The molecule has 0 fully saturated rings. The predicted molar refractivity (Wildman–Crippen MR) is 83.7 cm³/mol. The van der Waals surface area contributed by atoms with E-state index in [4.69, 9.17) is 0 Å². The van der Waals surface area contributed by atoms with Gasteiger partial charge in [0.2, 0.25) is 10.0 Å². The van der Waals surface area contributed by atoms with Crippen molar-refractivity contribution in [1.82, 2.24) is 4.72 Å². The molecule has 1 aliphatic rings. The van der Waals surface area contributed by atoms with Gasteiger partial charge in [-0.2, -0.15) is 0 Å². The van der Waals surface area contributed by atoms with Gasteiger partial charge < -0.3 is 0 Å². The van der Waals surface area contributed by atoms with Crippen LogP contribution in [0.15, 0.2) is 41.3 Å². The Morgan fingerprint density at radius 2 is 1.91 bits per heavy atom. The number of sulfonamides is 1. The average Bonchev–Trinajstić information content (AvgIpc) is 2.79. The molecular formula is C17H18FNO2S. The van der Waals surface area contributed by atoms with Crippen molar-refractivity contribution in [2.75, 3.05) is 0 Å². The van der Waals surface area contributed by atoms with E-state index >= 15 is 0 Å². The lowest BCUT2D eigenvalue weighted by Gasteiger charge is -2.16. The van der Waals surface area contributed by atoms with Gasteiger partial charge in [-0.1, -0.05) is 23.8 Å². The minimum absolute atomic E-state index is 0.281. The highest BCUT2D eigenvalue weighted by molar-refractivity contribution is 7.89. The van der Waals surface area contributed by atoms with Crippen LogP contribution in [0.25, 0.3) is 0 Å². The van der Waals surface area contributed by atoms with Crippen LogP contribution in [-0.4, -0.2) is 8.42 Å². The lowest BCUT2D eigenvalue weighted by atomic mass is 10.1. The first-order chi connectivity index (χ1) is 10.4. The molecule has 1 unspecified atom stereocenters. The Morgan fingerprint density at radius 3 is 2.64 bits per heavy atom. The van der Waals surface area contributed by atoms with Crippen LogP contribution < -0.4 is 4.72 Å². The van der Waals surface area contributed by atoms with Gasteiger partial charge in [-0.15, -0.1) is 0 Å². The smallest absolute Gasteiger partial charge is 0.207 e. The molecule has 0 saturated heterocycles.